The van der Waals surface area contributed by atoms with Crippen LogP contribution in [0.3, 0.4) is 0 Å². The minimum absolute atomic E-state index is 0.0200. The molecule has 0 saturated heterocycles. The number of rotatable bonds is 4. The zero-order valence-corrected chi connectivity index (χ0v) is 16.1. The van der Waals surface area contributed by atoms with Gasteiger partial charge in [-0.3, -0.25) is 9.59 Å². The summed E-state index contributed by atoms with van der Waals surface area (Å²) < 4.78 is 13.3. The SMILES string of the molecule is Cc1cccc(C(=O)N2CCc3ccc(CNC(=O)c4cccc(F)c4)cc32)c1. The van der Waals surface area contributed by atoms with Gasteiger partial charge >= 0.3 is 0 Å². The van der Waals surface area contributed by atoms with E-state index in [4.69, 9.17) is 0 Å². The number of hydrogen-bond acceptors (Lipinski definition) is 2. The number of anilines is 1. The molecular weight excluding hydrogens is 367 g/mol. The van der Waals surface area contributed by atoms with E-state index < -0.39 is 5.82 Å². The molecule has 0 spiro atoms. The van der Waals surface area contributed by atoms with Crippen LogP contribution in [-0.4, -0.2) is 18.4 Å². The van der Waals surface area contributed by atoms with Gasteiger partial charge in [0.25, 0.3) is 11.8 Å². The molecule has 1 heterocycles. The van der Waals surface area contributed by atoms with Crippen LogP contribution < -0.4 is 10.2 Å². The molecule has 3 aromatic carbocycles. The largest absolute Gasteiger partial charge is 0.348 e. The fraction of sp³-hybridized carbons (Fsp3) is 0.167. The van der Waals surface area contributed by atoms with Crippen molar-refractivity contribution in [3.05, 3.63) is 100 Å². The highest BCUT2D eigenvalue weighted by Gasteiger charge is 2.26. The molecule has 0 aromatic heterocycles. The maximum atomic E-state index is 13.3. The lowest BCUT2D eigenvalue weighted by atomic mass is 10.1. The third kappa shape index (κ3) is 4.04. The predicted octanol–water partition coefficient (Wildman–Crippen LogP) is 4.27. The maximum Gasteiger partial charge on any atom is 0.258 e. The lowest BCUT2D eigenvalue weighted by Gasteiger charge is -2.18. The number of nitrogens with zero attached hydrogens (tertiary/aromatic N) is 1. The van der Waals surface area contributed by atoms with Gasteiger partial charge in [0.2, 0.25) is 0 Å². The van der Waals surface area contributed by atoms with Gasteiger partial charge in [-0.25, -0.2) is 4.39 Å². The number of fused-ring (bicyclic) bond motifs is 1. The van der Waals surface area contributed by atoms with Gasteiger partial charge in [0, 0.05) is 29.9 Å². The molecule has 0 unspecified atom stereocenters. The van der Waals surface area contributed by atoms with Crippen molar-refractivity contribution in [2.45, 2.75) is 19.9 Å². The minimum Gasteiger partial charge on any atom is -0.348 e. The molecule has 0 bridgehead atoms. The van der Waals surface area contributed by atoms with Crippen LogP contribution in [0.5, 0.6) is 0 Å². The second kappa shape index (κ2) is 7.87. The summed E-state index contributed by atoms with van der Waals surface area (Å²) in [5.74, 6) is -0.799. The number of aryl methyl sites for hydroxylation is 1. The molecule has 5 heteroatoms. The molecule has 29 heavy (non-hydrogen) atoms. The highest BCUT2D eigenvalue weighted by molar-refractivity contribution is 6.07. The number of hydrogen-bond donors (Lipinski definition) is 1. The summed E-state index contributed by atoms with van der Waals surface area (Å²) in [6, 6.07) is 19.1. The molecule has 0 radical (unpaired) electrons. The van der Waals surface area contributed by atoms with Crippen molar-refractivity contribution in [2.75, 3.05) is 11.4 Å². The second-order valence-corrected chi connectivity index (χ2v) is 7.23. The van der Waals surface area contributed by atoms with E-state index in [0.29, 0.717) is 18.7 Å². The smallest absolute Gasteiger partial charge is 0.258 e. The Labute approximate surface area is 169 Å². The van der Waals surface area contributed by atoms with E-state index in [2.05, 4.69) is 5.32 Å². The van der Waals surface area contributed by atoms with Crippen LogP contribution in [0.1, 0.15) is 37.4 Å². The molecule has 0 atom stereocenters. The first kappa shape index (κ1) is 18.9. The highest BCUT2D eigenvalue weighted by atomic mass is 19.1. The quantitative estimate of drug-likeness (QED) is 0.726. The van der Waals surface area contributed by atoms with E-state index in [-0.39, 0.29) is 17.4 Å². The van der Waals surface area contributed by atoms with E-state index in [1.54, 1.807) is 11.0 Å². The van der Waals surface area contributed by atoms with E-state index in [1.165, 1.54) is 18.2 Å². The Morgan fingerprint density at radius 3 is 2.59 bits per heavy atom. The molecular formula is C24H21FN2O2. The van der Waals surface area contributed by atoms with Crippen LogP contribution >= 0.6 is 0 Å². The van der Waals surface area contributed by atoms with E-state index >= 15 is 0 Å². The van der Waals surface area contributed by atoms with Crippen molar-refractivity contribution in [2.24, 2.45) is 0 Å². The fourth-order valence-corrected chi connectivity index (χ4v) is 3.59. The Hall–Kier alpha value is -3.47. The summed E-state index contributed by atoms with van der Waals surface area (Å²) in [6.07, 6.45) is 0.808. The van der Waals surface area contributed by atoms with Crippen molar-refractivity contribution >= 4 is 17.5 Å². The van der Waals surface area contributed by atoms with E-state index in [1.807, 2.05) is 49.4 Å². The Morgan fingerprint density at radius 1 is 1.00 bits per heavy atom. The second-order valence-electron chi connectivity index (χ2n) is 7.23. The Morgan fingerprint density at radius 2 is 1.79 bits per heavy atom. The molecule has 0 aliphatic carbocycles. The van der Waals surface area contributed by atoms with Crippen molar-refractivity contribution in [1.29, 1.82) is 0 Å². The Balaban J connectivity index is 1.50. The molecule has 1 N–H and O–H groups in total. The number of benzene rings is 3. The summed E-state index contributed by atoms with van der Waals surface area (Å²) in [6.45, 7) is 2.91. The molecule has 146 valence electrons. The molecule has 0 saturated carbocycles. The molecule has 0 fully saturated rings. The molecule has 4 nitrogen and oxygen atoms in total. The highest BCUT2D eigenvalue weighted by Crippen LogP contribution is 2.30. The summed E-state index contributed by atoms with van der Waals surface area (Å²) >= 11 is 0. The average molecular weight is 388 g/mol. The first-order chi connectivity index (χ1) is 14.0. The van der Waals surface area contributed by atoms with Crippen LogP contribution in [0, 0.1) is 12.7 Å². The van der Waals surface area contributed by atoms with Crippen molar-refractivity contribution < 1.29 is 14.0 Å². The van der Waals surface area contributed by atoms with Crippen LogP contribution in [-0.2, 0) is 13.0 Å². The predicted molar refractivity (Wildman–Crippen MR) is 111 cm³/mol. The van der Waals surface area contributed by atoms with Gasteiger partial charge in [0.1, 0.15) is 5.82 Å². The summed E-state index contributed by atoms with van der Waals surface area (Å²) in [7, 11) is 0. The third-order valence-corrected chi connectivity index (χ3v) is 5.10. The zero-order valence-electron chi connectivity index (χ0n) is 16.1. The first-order valence-electron chi connectivity index (χ1n) is 9.55. The normalized spacial score (nSPS) is 12.6. The first-order valence-corrected chi connectivity index (χ1v) is 9.55. The van der Waals surface area contributed by atoms with Crippen LogP contribution in [0.2, 0.25) is 0 Å². The number of carbonyl (C=O) groups is 2. The Kier molecular flexibility index (Phi) is 5.12. The van der Waals surface area contributed by atoms with Crippen LogP contribution in [0.15, 0.2) is 66.7 Å². The fourth-order valence-electron chi connectivity index (χ4n) is 3.59. The van der Waals surface area contributed by atoms with Gasteiger partial charge in [-0.2, -0.15) is 0 Å². The van der Waals surface area contributed by atoms with Crippen molar-refractivity contribution in [3.63, 3.8) is 0 Å². The van der Waals surface area contributed by atoms with Crippen molar-refractivity contribution in [1.82, 2.24) is 5.32 Å². The summed E-state index contributed by atoms with van der Waals surface area (Å²) in [4.78, 5) is 27.0. The lowest BCUT2D eigenvalue weighted by molar-refractivity contribution is 0.0948. The molecule has 2 amide bonds. The minimum atomic E-state index is -0.444. The van der Waals surface area contributed by atoms with Gasteiger partial charge in [0.15, 0.2) is 0 Å². The average Bonchev–Trinajstić information content (AvgIpc) is 3.14. The van der Waals surface area contributed by atoms with Crippen LogP contribution in [0.4, 0.5) is 10.1 Å². The summed E-state index contributed by atoms with van der Waals surface area (Å²) in [5, 5.41) is 2.81. The Bertz CT molecular complexity index is 1090. The van der Waals surface area contributed by atoms with Gasteiger partial charge in [0.05, 0.1) is 0 Å². The van der Waals surface area contributed by atoms with Crippen molar-refractivity contribution in [3.8, 4) is 0 Å². The van der Waals surface area contributed by atoms with Gasteiger partial charge < -0.3 is 10.2 Å². The number of amides is 2. The zero-order chi connectivity index (χ0) is 20.4. The van der Waals surface area contributed by atoms with Gasteiger partial charge in [-0.15, -0.1) is 0 Å². The van der Waals surface area contributed by atoms with Gasteiger partial charge in [-0.1, -0.05) is 35.9 Å². The van der Waals surface area contributed by atoms with E-state index in [9.17, 15) is 14.0 Å². The number of halogens is 1. The molecule has 1 aliphatic heterocycles. The molecule has 4 rings (SSSR count). The molecule has 1 aliphatic rings. The number of nitrogens with one attached hydrogen (secondary N) is 1. The van der Waals surface area contributed by atoms with E-state index in [0.717, 1.165) is 28.8 Å². The third-order valence-electron chi connectivity index (χ3n) is 5.10. The topological polar surface area (TPSA) is 49.4 Å². The number of carbonyl (C=O) groups excluding carboxylic acids is 2. The molecule has 3 aromatic rings. The maximum absolute atomic E-state index is 13.3. The monoisotopic (exact) mass is 388 g/mol. The lowest BCUT2D eigenvalue weighted by Crippen LogP contribution is -2.29. The van der Waals surface area contributed by atoms with Crippen LogP contribution in [0.25, 0.3) is 0 Å². The standard InChI is InChI=1S/C24H21FN2O2/c1-16-4-2-6-20(12-16)24(29)27-11-10-18-9-8-17(13-22(18)27)15-26-23(28)19-5-3-7-21(25)14-19/h2-9,12-14H,10-11,15H2,1H3,(H,26,28). The summed E-state index contributed by atoms with van der Waals surface area (Å²) in [5.41, 5.74) is 4.88. The van der Waals surface area contributed by atoms with Gasteiger partial charge in [-0.05, 0) is 60.9 Å².